The van der Waals surface area contributed by atoms with Crippen LogP contribution in [-0.2, 0) is 13.0 Å². The topological polar surface area (TPSA) is 40.7 Å². The van der Waals surface area contributed by atoms with Gasteiger partial charge in [-0.1, -0.05) is 6.92 Å². The lowest BCUT2D eigenvalue weighted by Gasteiger charge is -1.96. The Morgan fingerprint density at radius 1 is 1.70 bits per heavy atom. The van der Waals surface area contributed by atoms with Gasteiger partial charge in [-0.25, -0.2) is 0 Å². The SMILES string of the molecule is CCc1cn[nH]c1CNC. The number of aromatic amines is 1. The highest BCUT2D eigenvalue weighted by molar-refractivity contribution is 5.15. The van der Waals surface area contributed by atoms with Gasteiger partial charge in [0.25, 0.3) is 0 Å². The molecule has 0 fully saturated rings. The summed E-state index contributed by atoms with van der Waals surface area (Å²) >= 11 is 0. The number of aryl methyl sites for hydroxylation is 1. The summed E-state index contributed by atoms with van der Waals surface area (Å²) in [5.74, 6) is 0. The lowest BCUT2D eigenvalue weighted by molar-refractivity contribution is 0.775. The van der Waals surface area contributed by atoms with Gasteiger partial charge >= 0.3 is 0 Å². The molecule has 0 amide bonds. The van der Waals surface area contributed by atoms with Crippen molar-refractivity contribution >= 4 is 0 Å². The van der Waals surface area contributed by atoms with E-state index in [1.807, 2.05) is 13.2 Å². The van der Waals surface area contributed by atoms with Gasteiger partial charge in [0.2, 0.25) is 0 Å². The fraction of sp³-hybridized carbons (Fsp3) is 0.571. The summed E-state index contributed by atoms with van der Waals surface area (Å²) < 4.78 is 0. The molecule has 0 aliphatic heterocycles. The van der Waals surface area contributed by atoms with Crippen LogP contribution in [0.25, 0.3) is 0 Å². The molecule has 1 aromatic rings. The maximum Gasteiger partial charge on any atom is 0.0522 e. The van der Waals surface area contributed by atoms with E-state index >= 15 is 0 Å². The molecule has 0 radical (unpaired) electrons. The molecule has 10 heavy (non-hydrogen) atoms. The van der Waals surface area contributed by atoms with Crippen LogP contribution in [-0.4, -0.2) is 17.2 Å². The minimum Gasteiger partial charge on any atom is -0.314 e. The van der Waals surface area contributed by atoms with E-state index in [-0.39, 0.29) is 0 Å². The van der Waals surface area contributed by atoms with Gasteiger partial charge in [-0.05, 0) is 19.0 Å². The average Bonchev–Trinajstić information content (AvgIpc) is 2.36. The lowest BCUT2D eigenvalue weighted by Crippen LogP contribution is -2.07. The molecule has 0 aliphatic rings. The van der Waals surface area contributed by atoms with Crippen molar-refractivity contribution in [1.29, 1.82) is 0 Å². The maximum absolute atomic E-state index is 3.95. The minimum atomic E-state index is 0.878. The van der Waals surface area contributed by atoms with Gasteiger partial charge in [-0.2, -0.15) is 5.10 Å². The first-order valence-electron chi connectivity index (χ1n) is 3.54. The van der Waals surface area contributed by atoms with Crippen LogP contribution in [0.1, 0.15) is 18.2 Å². The van der Waals surface area contributed by atoms with Crippen molar-refractivity contribution in [2.75, 3.05) is 7.05 Å². The molecule has 3 heteroatoms. The Labute approximate surface area is 60.8 Å². The van der Waals surface area contributed by atoms with Crippen molar-refractivity contribution in [2.45, 2.75) is 19.9 Å². The molecule has 0 bridgehead atoms. The van der Waals surface area contributed by atoms with E-state index in [1.165, 1.54) is 11.3 Å². The van der Waals surface area contributed by atoms with E-state index in [9.17, 15) is 0 Å². The van der Waals surface area contributed by atoms with Crippen LogP contribution in [0.5, 0.6) is 0 Å². The van der Waals surface area contributed by atoms with Gasteiger partial charge in [-0.15, -0.1) is 0 Å². The Morgan fingerprint density at radius 3 is 3.10 bits per heavy atom. The van der Waals surface area contributed by atoms with Gasteiger partial charge in [-0.3, -0.25) is 5.10 Å². The zero-order chi connectivity index (χ0) is 7.40. The monoisotopic (exact) mass is 139 g/mol. The number of nitrogens with zero attached hydrogens (tertiary/aromatic N) is 1. The van der Waals surface area contributed by atoms with Gasteiger partial charge < -0.3 is 5.32 Å². The fourth-order valence-corrected chi connectivity index (χ4v) is 0.972. The van der Waals surface area contributed by atoms with Crippen LogP contribution in [0, 0.1) is 0 Å². The normalized spacial score (nSPS) is 10.2. The minimum absolute atomic E-state index is 0.878. The van der Waals surface area contributed by atoms with Crippen molar-refractivity contribution in [3.05, 3.63) is 17.5 Å². The van der Waals surface area contributed by atoms with E-state index in [1.54, 1.807) is 0 Å². The van der Waals surface area contributed by atoms with E-state index in [0.717, 1.165) is 13.0 Å². The lowest BCUT2D eigenvalue weighted by atomic mass is 10.2. The Kier molecular flexibility index (Phi) is 2.45. The quantitative estimate of drug-likeness (QED) is 0.647. The Morgan fingerprint density at radius 2 is 2.50 bits per heavy atom. The highest BCUT2D eigenvalue weighted by Gasteiger charge is 1.99. The first kappa shape index (κ1) is 7.28. The smallest absolute Gasteiger partial charge is 0.0522 e. The third-order valence-corrected chi connectivity index (χ3v) is 1.54. The molecule has 0 saturated heterocycles. The standard InChI is InChI=1S/C7H13N3/c1-3-6-4-9-10-7(6)5-8-2/h4,8H,3,5H2,1-2H3,(H,9,10). The summed E-state index contributed by atoms with van der Waals surface area (Å²) in [5.41, 5.74) is 2.50. The molecule has 3 nitrogen and oxygen atoms in total. The average molecular weight is 139 g/mol. The Bertz CT molecular complexity index is 192. The summed E-state index contributed by atoms with van der Waals surface area (Å²) in [7, 11) is 1.93. The van der Waals surface area contributed by atoms with Crippen molar-refractivity contribution in [2.24, 2.45) is 0 Å². The molecule has 56 valence electrons. The molecule has 0 aliphatic carbocycles. The van der Waals surface area contributed by atoms with Crippen molar-refractivity contribution < 1.29 is 0 Å². The van der Waals surface area contributed by atoms with E-state index in [2.05, 4.69) is 22.4 Å². The largest absolute Gasteiger partial charge is 0.314 e. The molecular weight excluding hydrogens is 126 g/mol. The molecule has 0 saturated carbocycles. The van der Waals surface area contributed by atoms with Gasteiger partial charge in [0, 0.05) is 6.54 Å². The predicted octanol–water partition coefficient (Wildman–Crippen LogP) is 0.691. The second-order valence-electron chi connectivity index (χ2n) is 2.26. The molecule has 1 heterocycles. The third-order valence-electron chi connectivity index (χ3n) is 1.54. The molecular formula is C7H13N3. The zero-order valence-corrected chi connectivity index (χ0v) is 6.44. The second kappa shape index (κ2) is 3.37. The van der Waals surface area contributed by atoms with Crippen LogP contribution >= 0.6 is 0 Å². The number of aromatic nitrogens is 2. The fourth-order valence-electron chi connectivity index (χ4n) is 0.972. The van der Waals surface area contributed by atoms with Crippen LogP contribution in [0.15, 0.2) is 6.20 Å². The number of hydrogen-bond acceptors (Lipinski definition) is 2. The van der Waals surface area contributed by atoms with E-state index < -0.39 is 0 Å². The number of nitrogens with one attached hydrogen (secondary N) is 2. The molecule has 2 N–H and O–H groups in total. The molecule has 1 rings (SSSR count). The molecule has 0 spiro atoms. The summed E-state index contributed by atoms with van der Waals surface area (Å²) in [6.07, 6.45) is 2.93. The molecule has 0 aromatic carbocycles. The van der Waals surface area contributed by atoms with Gasteiger partial charge in [0.15, 0.2) is 0 Å². The van der Waals surface area contributed by atoms with Crippen molar-refractivity contribution in [3.63, 3.8) is 0 Å². The zero-order valence-electron chi connectivity index (χ0n) is 6.44. The van der Waals surface area contributed by atoms with Crippen LogP contribution in [0.2, 0.25) is 0 Å². The van der Waals surface area contributed by atoms with E-state index in [0.29, 0.717) is 0 Å². The van der Waals surface area contributed by atoms with Crippen LogP contribution < -0.4 is 5.32 Å². The Hall–Kier alpha value is -0.830. The van der Waals surface area contributed by atoms with Gasteiger partial charge in [0.1, 0.15) is 0 Å². The summed E-state index contributed by atoms with van der Waals surface area (Å²) in [6, 6.07) is 0. The van der Waals surface area contributed by atoms with Crippen molar-refractivity contribution in [3.8, 4) is 0 Å². The molecule has 0 atom stereocenters. The number of H-pyrrole nitrogens is 1. The predicted molar refractivity (Wildman–Crippen MR) is 40.7 cm³/mol. The highest BCUT2D eigenvalue weighted by Crippen LogP contribution is 2.03. The number of rotatable bonds is 3. The van der Waals surface area contributed by atoms with Crippen LogP contribution in [0.3, 0.4) is 0 Å². The van der Waals surface area contributed by atoms with E-state index in [4.69, 9.17) is 0 Å². The second-order valence-corrected chi connectivity index (χ2v) is 2.26. The summed E-state index contributed by atoms with van der Waals surface area (Å²) in [6.45, 7) is 3.01. The number of hydrogen-bond donors (Lipinski definition) is 2. The first-order valence-corrected chi connectivity index (χ1v) is 3.54. The molecule has 0 unspecified atom stereocenters. The summed E-state index contributed by atoms with van der Waals surface area (Å²) in [4.78, 5) is 0. The molecule has 1 aromatic heterocycles. The first-order chi connectivity index (χ1) is 4.88. The van der Waals surface area contributed by atoms with Crippen LogP contribution in [0.4, 0.5) is 0 Å². The van der Waals surface area contributed by atoms with Gasteiger partial charge in [0.05, 0.1) is 11.9 Å². The third kappa shape index (κ3) is 1.36. The maximum atomic E-state index is 3.95. The summed E-state index contributed by atoms with van der Waals surface area (Å²) in [5, 5.41) is 9.97. The Balaban J connectivity index is 2.70. The van der Waals surface area contributed by atoms with Crippen molar-refractivity contribution in [1.82, 2.24) is 15.5 Å². The highest BCUT2D eigenvalue weighted by atomic mass is 15.1.